The van der Waals surface area contributed by atoms with E-state index in [9.17, 15) is 9.59 Å². The van der Waals surface area contributed by atoms with Crippen LogP contribution in [0.3, 0.4) is 0 Å². The average molecular weight is 350 g/mol. The number of rotatable bonds is 5. The molecule has 2 amide bonds. The van der Waals surface area contributed by atoms with Crippen LogP contribution < -0.4 is 10.1 Å². The molecule has 5 heteroatoms. The Morgan fingerprint density at radius 3 is 2.38 bits per heavy atom. The predicted octanol–water partition coefficient (Wildman–Crippen LogP) is 3.68. The molecule has 2 aromatic carbocycles. The molecule has 1 saturated carbocycles. The van der Waals surface area contributed by atoms with Crippen LogP contribution in [0.4, 0.5) is 5.69 Å². The molecule has 5 nitrogen and oxygen atoms in total. The van der Waals surface area contributed by atoms with Gasteiger partial charge in [0.25, 0.3) is 0 Å². The summed E-state index contributed by atoms with van der Waals surface area (Å²) in [5.74, 6) is 0.948. The number of para-hydroxylation sites is 3. The third-order valence-electron chi connectivity index (χ3n) is 4.98. The highest BCUT2D eigenvalue weighted by atomic mass is 16.5. The molecule has 4 rings (SSSR count). The Hall–Kier alpha value is -2.82. The molecule has 1 aliphatic carbocycles. The Bertz CT molecular complexity index is 800. The van der Waals surface area contributed by atoms with Crippen LogP contribution in [-0.4, -0.2) is 29.8 Å². The van der Waals surface area contributed by atoms with Gasteiger partial charge in [0.1, 0.15) is 5.75 Å². The minimum atomic E-state index is -0.229. The maximum absolute atomic E-state index is 12.6. The zero-order chi connectivity index (χ0) is 17.9. The van der Waals surface area contributed by atoms with Gasteiger partial charge in [0.15, 0.2) is 5.75 Å². The van der Waals surface area contributed by atoms with E-state index < -0.39 is 0 Å². The number of amides is 2. The van der Waals surface area contributed by atoms with Gasteiger partial charge in [-0.3, -0.25) is 9.59 Å². The van der Waals surface area contributed by atoms with Gasteiger partial charge in [-0.1, -0.05) is 30.3 Å². The second kappa shape index (κ2) is 7.20. The van der Waals surface area contributed by atoms with Crippen molar-refractivity contribution in [2.24, 2.45) is 11.8 Å². The van der Waals surface area contributed by atoms with Crippen molar-refractivity contribution in [2.75, 3.05) is 18.4 Å². The van der Waals surface area contributed by atoms with Gasteiger partial charge in [0, 0.05) is 13.1 Å². The number of carbonyl (C=O) groups excluding carboxylic acids is 2. The van der Waals surface area contributed by atoms with Crippen LogP contribution in [0, 0.1) is 11.8 Å². The fourth-order valence-electron chi connectivity index (χ4n) is 3.43. The number of ether oxygens (including phenoxy) is 1. The summed E-state index contributed by atoms with van der Waals surface area (Å²) in [7, 11) is 0. The van der Waals surface area contributed by atoms with E-state index in [1.165, 1.54) is 0 Å². The third kappa shape index (κ3) is 3.57. The molecule has 1 heterocycles. The summed E-state index contributed by atoms with van der Waals surface area (Å²) in [4.78, 5) is 26.9. The van der Waals surface area contributed by atoms with Gasteiger partial charge in [-0.05, 0) is 43.5 Å². The van der Waals surface area contributed by atoms with Crippen molar-refractivity contribution in [1.82, 2.24) is 4.90 Å². The molecule has 0 aromatic heterocycles. The first-order valence-corrected chi connectivity index (χ1v) is 9.14. The number of likely N-dealkylation sites (tertiary alicyclic amines) is 1. The minimum Gasteiger partial charge on any atom is -0.455 e. The molecule has 1 N–H and O–H groups in total. The van der Waals surface area contributed by atoms with E-state index in [1.807, 2.05) is 59.5 Å². The summed E-state index contributed by atoms with van der Waals surface area (Å²) in [6.45, 7) is 1.66. The van der Waals surface area contributed by atoms with Crippen LogP contribution in [-0.2, 0) is 9.59 Å². The molecule has 1 aliphatic heterocycles. The highest BCUT2D eigenvalue weighted by Gasteiger charge is 2.49. The van der Waals surface area contributed by atoms with Gasteiger partial charge in [0.2, 0.25) is 11.8 Å². The van der Waals surface area contributed by atoms with E-state index in [0.29, 0.717) is 23.6 Å². The van der Waals surface area contributed by atoms with E-state index in [1.54, 1.807) is 0 Å². The van der Waals surface area contributed by atoms with E-state index in [2.05, 4.69) is 5.32 Å². The van der Waals surface area contributed by atoms with Gasteiger partial charge in [0.05, 0.1) is 17.5 Å². The molecule has 26 heavy (non-hydrogen) atoms. The SMILES string of the molecule is O=C(Nc1ccccc1Oc1ccccc1)C1CC1C(=O)N1CCCC1. The Kier molecular flexibility index (Phi) is 4.61. The van der Waals surface area contributed by atoms with Crippen molar-refractivity contribution < 1.29 is 14.3 Å². The molecule has 2 aliphatic rings. The molecule has 2 atom stereocenters. The summed E-state index contributed by atoms with van der Waals surface area (Å²) in [6.07, 6.45) is 2.78. The number of hydrogen-bond acceptors (Lipinski definition) is 3. The number of anilines is 1. The lowest BCUT2D eigenvalue weighted by molar-refractivity contribution is -0.133. The fraction of sp³-hybridized carbons (Fsp3) is 0.333. The van der Waals surface area contributed by atoms with Crippen molar-refractivity contribution in [3.05, 3.63) is 54.6 Å². The summed E-state index contributed by atoms with van der Waals surface area (Å²) in [5.41, 5.74) is 0.626. The Morgan fingerprint density at radius 2 is 1.62 bits per heavy atom. The molecule has 2 fully saturated rings. The van der Waals surface area contributed by atoms with Crippen LogP contribution >= 0.6 is 0 Å². The molecule has 134 valence electrons. The first-order chi connectivity index (χ1) is 12.7. The summed E-state index contributed by atoms with van der Waals surface area (Å²) >= 11 is 0. The molecular weight excluding hydrogens is 328 g/mol. The van der Waals surface area contributed by atoms with Crippen molar-refractivity contribution in [2.45, 2.75) is 19.3 Å². The lowest BCUT2D eigenvalue weighted by Crippen LogP contribution is -2.30. The Labute approximate surface area is 153 Å². The van der Waals surface area contributed by atoms with Crippen LogP contribution in [0.2, 0.25) is 0 Å². The third-order valence-corrected chi connectivity index (χ3v) is 4.98. The van der Waals surface area contributed by atoms with Crippen molar-refractivity contribution in [3.8, 4) is 11.5 Å². The van der Waals surface area contributed by atoms with Crippen LogP contribution in [0.15, 0.2) is 54.6 Å². The van der Waals surface area contributed by atoms with Gasteiger partial charge < -0.3 is 15.0 Å². The largest absolute Gasteiger partial charge is 0.455 e. The predicted molar refractivity (Wildman–Crippen MR) is 99.0 cm³/mol. The standard InChI is InChI=1S/C21H22N2O3/c24-20(16-14-17(16)21(25)23-12-6-7-13-23)22-18-10-4-5-11-19(18)26-15-8-2-1-3-9-15/h1-5,8-11,16-17H,6-7,12-14H2,(H,22,24). The second-order valence-electron chi connectivity index (χ2n) is 6.88. The van der Waals surface area contributed by atoms with Crippen LogP contribution in [0.5, 0.6) is 11.5 Å². The van der Waals surface area contributed by atoms with Gasteiger partial charge in [-0.15, -0.1) is 0 Å². The summed E-state index contributed by atoms with van der Waals surface area (Å²) in [6, 6.07) is 16.8. The van der Waals surface area contributed by atoms with Crippen LogP contribution in [0.25, 0.3) is 0 Å². The van der Waals surface area contributed by atoms with Crippen molar-refractivity contribution in [3.63, 3.8) is 0 Å². The van der Waals surface area contributed by atoms with Gasteiger partial charge in [-0.25, -0.2) is 0 Å². The molecular formula is C21H22N2O3. The topological polar surface area (TPSA) is 58.6 Å². The van der Waals surface area contributed by atoms with E-state index in [0.717, 1.165) is 25.9 Å². The lowest BCUT2D eigenvalue weighted by Gasteiger charge is -2.15. The fourth-order valence-corrected chi connectivity index (χ4v) is 3.43. The number of carbonyl (C=O) groups is 2. The monoisotopic (exact) mass is 350 g/mol. The normalized spacial score (nSPS) is 21.3. The smallest absolute Gasteiger partial charge is 0.228 e. The first kappa shape index (κ1) is 16.6. The number of hydrogen-bond donors (Lipinski definition) is 1. The molecule has 2 aromatic rings. The Morgan fingerprint density at radius 1 is 0.923 bits per heavy atom. The second-order valence-corrected chi connectivity index (χ2v) is 6.88. The molecule has 1 saturated heterocycles. The highest BCUT2D eigenvalue weighted by molar-refractivity contribution is 6.00. The van der Waals surface area contributed by atoms with Crippen molar-refractivity contribution in [1.29, 1.82) is 0 Å². The average Bonchev–Trinajstić information content (AvgIpc) is 3.28. The number of benzene rings is 2. The number of nitrogens with one attached hydrogen (secondary N) is 1. The highest BCUT2D eigenvalue weighted by Crippen LogP contribution is 2.42. The quantitative estimate of drug-likeness (QED) is 0.895. The molecule has 2 unspecified atom stereocenters. The zero-order valence-electron chi connectivity index (χ0n) is 14.6. The first-order valence-electron chi connectivity index (χ1n) is 9.14. The van der Waals surface area contributed by atoms with Crippen molar-refractivity contribution >= 4 is 17.5 Å². The Balaban J connectivity index is 1.40. The minimum absolute atomic E-state index is 0.105. The maximum Gasteiger partial charge on any atom is 0.228 e. The van der Waals surface area contributed by atoms with Gasteiger partial charge in [-0.2, -0.15) is 0 Å². The van der Waals surface area contributed by atoms with E-state index in [4.69, 9.17) is 4.74 Å². The zero-order valence-corrected chi connectivity index (χ0v) is 14.6. The molecule has 0 bridgehead atoms. The summed E-state index contributed by atoms with van der Waals surface area (Å²) in [5, 5.41) is 2.93. The van der Waals surface area contributed by atoms with E-state index >= 15 is 0 Å². The van der Waals surface area contributed by atoms with E-state index in [-0.39, 0.29) is 23.7 Å². The lowest BCUT2D eigenvalue weighted by atomic mass is 10.2. The maximum atomic E-state index is 12.6. The summed E-state index contributed by atoms with van der Waals surface area (Å²) < 4.78 is 5.88. The van der Waals surface area contributed by atoms with Crippen LogP contribution in [0.1, 0.15) is 19.3 Å². The van der Waals surface area contributed by atoms with Gasteiger partial charge >= 0.3 is 0 Å². The number of nitrogens with zero attached hydrogens (tertiary/aromatic N) is 1. The molecule has 0 spiro atoms. The molecule has 0 radical (unpaired) electrons.